The third kappa shape index (κ3) is 5.19. The third-order valence-corrected chi connectivity index (χ3v) is 6.00. The molecule has 1 aliphatic rings. The van der Waals surface area contributed by atoms with Gasteiger partial charge in [-0.15, -0.1) is 0 Å². The number of nitrogens with zero attached hydrogens (tertiary/aromatic N) is 1. The Hall–Kier alpha value is -1.75. The number of rotatable bonds is 6. The highest BCUT2D eigenvalue weighted by Gasteiger charge is 2.27. The van der Waals surface area contributed by atoms with Crippen LogP contribution in [0.3, 0.4) is 0 Å². The van der Waals surface area contributed by atoms with Gasteiger partial charge in [0.25, 0.3) is 0 Å². The fourth-order valence-corrected chi connectivity index (χ4v) is 4.14. The van der Waals surface area contributed by atoms with Crippen LogP contribution in [-0.4, -0.2) is 31.0 Å². The summed E-state index contributed by atoms with van der Waals surface area (Å²) in [7, 11) is 1.64. The van der Waals surface area contributed by atoms with Gasteiger partial charge in [0.05, 0.1) is 19.1 Å². The Labute approximate surface area is 176 Å². The number of carbonyl (C=O) groups is 1. The number of benzene rings is 2. The molecule has 2 atom stereocenters. The Bertz CT molecular complexity index is 790. The lowest BCUT2D eigenvalue weighted by molar-refractivity contribution is -0.127. The molecule has 1 amide bonds. The monoisotopic (exact) mass is 420 g/mol. The minimum absolute atomic E-state index is 0.0317. The maximum Gasteiger partial charge on any atom is 0.224 e. The molecule has 28 heavy (non-hydrogen) atoms. The van der Waals surface area contributed by atoms with E-state index in [4.69, 9.17) is 27.9 Å². The predicted octanol–water partition coefficient (Wildman–Crippen LogP) is 5.09. The van der Waals surface area contributed by atoms with E-state index in [1.807, 2.05) is 49.4 Å². The molecular formula is C22H26Cl2N2O2. The number of ether oxygens (including phenoxy) is 1. The molecule has 2 unspecified atom stereocenters. The Balaban J connectivity index is 1.59. The Morgan fingerprint density at radius 2 is 1.89 bits per heavy atom. The number of halogens is 2. The van der Waals surface area contributed by atoms with Gasteiger partial charge in [-0.1, -0.05) is 41.4 Å². The van der Waals surface area contributed by atoms with Crippen molar-refractivity contribution in [2.45, 2.75) is 32.4 Å². The fourth-order valence-electron chi connectivity index (χ4n) is 3.63. The quantitative estimate of drug-likeness (QED) is 0.707. The lowest BCUT2D eigenvalue weighted by Gasteiger charge is -2.33. The van der Waals surface area contributed by atoms with Crippen molar-refractivity contribution in [3.05, 3.63) is 63.6 Å². The second-order valence-corrected chi connectivity index (χ2v) is 8.09. The Kier molecular flexibility index (Phi) is 7.22. The van der Waals surface area contributed by atoms with Crippen molar-refractivity contribution < 1.29 is 9.53 Å². The van der Waals surface area contributed by atoms with E-state index in [-0.39, 0.29) is 17.9 Å². The van der Waals surface area contributed by atoms with Crippen molar-refractivity contribution in [2.75, 3.05) is 20.2 Å². The van der Waals surface area contributed by atoms with Gasteiger partial charge in [0.15, 0.2) is 0 Å². The van der Waals surface area contributed by atoms with Gasteiger partial charge in [-0.3, -0.25) is 9.69 Å². The van der Waals surface area contributed by atoms with E-state index in [0.717, 1.165) is 36.3 Å². The van der Waals surface area contributed by atoms with Crippen molar-refractivity contribution in [2.24, 2.45) is 5.92 Å². The second-order valence-electron chi connectivity index (χ2n) is 7.28. The smallest absolute Gasteiger partial charge is 0.224 e. The summed E-state index contributed by atoms with van der Waals surface area (Å²) in [6.07, 6.45) is 1.88. The van der Waals surface area contributed by atoms with Gasteiger partial charge in [-0.05, 0) is 56.1 Å². The van der Waals surface area contributed by atoms with Crippen molar-refractivity contribution in [1.82, 2.24) is 10.2 Å². The molecule has 0 saturated carbocycles. The molecule has 2 aromatic rings. The first kappa shape index (κ1) is 21.0. The number of carbonyl (C=O) groups excluding carboxylic acids is 1. The van der Waals surface area contributed by atoms with Crippen LogP contribution >= 0.6 is 23.2 Å². The van der Waals surface area contributed by atoms with E-state index in [2.05, 4.69) is 10.2 Å². The number of methoxy groups -OCH3 is 1. The molecule has 1 N–H and O–H groups in total. The first-order valence-electron chi connectivity index (χ1n) is 9.57. The van der Waals surface area contributed by atoms with Crippen LogP contribution in [0.1, 0.15) is 36.9 Å². The number of hydrogen-bond acceptors (Lipinski definition) is 3. The molecule has 1 aliphatic heterocycles. The molecule has 2 aromatic carbocycles. The van der Waals surface area contributed by atoms with Crippen molar-refractivity contribution in [1.29, 1.82) is 0 Å². The SMILES string of the molecule is COc1ccc(C(C)NC(=O)C2CCCN(Cc3c(Cl)cccc3Cl)C2)cc1. The van der Waals surface area contributed by atoms with Crippen molar-refractivity contribution >= 4 is 29.1 Å². The molecule has 0 radical (unpaired) electrons. The van der Waals surface area contributed by atoms with Crippen molar-refractivity contribution in [3.8, 4) is 5.75 Å². The molecular weight excluding hydrogens is 395 g/mol. The van der Waals surface area contributed by atoms with Gasteiger partial charge < -0.3 is 10.1 Å². The van der Waals surface area contributed by atoms with Gasteiger partial charge in [0.2, 0.25) is 5.91 Å². The molecule has 0 aromatic heterocycles. The maximum absolute atomic E-state index is 12.8. The standard InChI is InChI=1S/C22H26Cl2N2O2/c1-15(16-8-10-18(28-2)11-9-16)25-22(27)17-5-4-12-26(13-17)14-19-20(23)6-3-7-21(19)24/h3,6-11,15,17H,4-5,12-14H2,1-2H3,(H,25,27). The topological polar surface area (TPSA) is 41.6 Å². The van der Waals surface area contributed by atoms with Gasteiger partial charge >= 0.3 is 0 Å². The Morgan fingerprint density at radius 1 is 1.21 bits per heavy atom. The summed E-state index contributed by atoms with van der Waals surface area (Å²) in [5, 5.41) is 4.50. The summed E-state index contributed by atoms with van der Waals surface area (Å²) in [5.74, 6) is 0.873. The highest BCUT2D eigenvalue weighted by molar-refractivity contribution is 6.35. The van der Waals surface area contributed by atoms with Crippen LogP contribution < -0.4 is 10.1 Å². The van der Waals surface area contributed by atoms with Crippen LogP contribution in [0, 0.1) is 5.92 Å². The van der Waals surface area contributed by atoms with Crippen LogP contribution in [0.4, 0.5) is 0 Å². The lowest BCUT2D eigenvalue weighted by Crippen LogP contribution is -2.43. The average Bonchev–Trinajstić information content (AvgIpc) is 2.71. The number of amides is 1. The molecule has 0 aliphatic carbocycles. The fraction of sp³-hybridized carbons (Fsp3) is 0.409. The highest BCUT2D eigenvalue weighted by atomic mass is 35.5. The predicted molar refractivity (Wildman–Crippen MR) is 114 cm³/mol. The zero-order valence-electron chi connectivity index (χ0n) is 16.3. The molecule has 6 heteroatoms. The summed E-state index contributed by atoms with van der Waals surface area (Å²) < 4.78 is 5.19. The van der Waals surface area contributed by atoms with E-state index in [1.54, 1.807) is 7.11 Å². The van der Waals surface area contributed by atoms with Gasteiger partial charge in [-0.2, -0.15) is 0 Å². The summed E-state index contributed by atoms with van der Waals surface area (Å²) >= 11 is 12.6. The number of hydrogen-bond donors (Lipinski definition) is 1. The molecule has 1 saturated heterocycles. The minimum Gasteiger partial charge on any atom is -0.497 e. The van der Waals surface area contributed by atoms with Crippen LogP contribution in [0.25, 0.3) is 0 Å². The lowest BCUT2D eigenvalue weighted by atomic mass is 9.96. The normalized spacial score (nSPS) is 18.5. The van der Waals surface area contributed by atoms with E-state index in [9.17, 15) is 4.79 Å². The maximum atomic E-state index is 12.8. The second kappa shape index (κ2) is 9.64. The van der Waals surface area contributed by atoms with E-state index in [1.165, 1.54) is 0 Å². The summed E-state index contributed by atoms with van der Waals surface area (Å²) in [4.78, 5) is 15.1. The molecule has 1 fully saturated rings. The minimum atomic E-state index is -0.0493. The largest absolute Gasteiger partial charge is 0.497 e. The summed E-state index contributed by atoms with van der Waals surface area (Å²) in [6.45, 7) is 4.32. The number of nitrogens with one attached hydrogen (secondary N) is 1. The molecule has 150 valence electrons. The number of piperidine rings is 1. The molecule has 4 nitrogen and oxygen atoms in total. The average molecular weight is 421 g/mol. The first-order valence-corrected chi connectivity index (χ1v) is 10.3. The van der Waals surface area contributed by atoms with E-state index in [0.29, 0.717) is 23.1 Å². The molecule has 3 rings (SSSR count). The van der Waals surface area contributed by atoms with Gasteiger partial charge in [0, 0.05) is 28.7 Å². The Morgan fingerprint density at radius 3 is 2.54 bits per heavy atom. The summed E-state index contributed by atoms with van der Waals surface area (Å²) in [5.41, 5.74) is 1.99. The van der Waals surface area contributed by atoms with E-state index < -0.39 is 0 Å². The molecule has 0 spiro atoms. The highest BCUT2D eigenvalue weighted by Crippen LogP contribution is 2.28. The third-order valence-electron chi connectivity index (χ3n) is 5.29. The molecule has 1 heterocycles. The van der Waals surface area contributed by atoms with E-state index >= 15 is 0 Å². The van der Waals surface area contributed by atoms with Gasteiger partial charge in [0.1, 0.15) is 5.75 Å². The van der Waals surface area contributed by atoms with Crippen molar-refractivity contribution in [3.63, 3.8) is 0 Å². The number of likely N-dealkylation sites (tertiary alicyclic amines) is 1. The zero-order valence-corrected chi connectivity index (χ0v) is 17.8. The first-order chi connectivity index (χ1) is 13.5. The zero-order chi connectivity index (χ0) is 20.1. The van der Waals surface area contributed by atoms with Crippen LogP contribution in [0.2, 0.25) is 10.0 Å². The van der Waals surface area contributed by atoms with Gasteiger partial charge in [-0.25, -0.2) is 0 Å². The van der Waals surface area contributed by atoms with Crippen LogP contribution in [0.5, 0.6) is 5.75 Å². The van der Waals surface area contributed by atoms with Crippen LogP contribution in [-0.2, 0) is 11.3 Å². The summed E-state index contributed by atoms with van der Waals surface area (Å²) in [6, 6.07) is 13.3. The van der Waals surface area contributed by atoms with Crippen LogP contribution in [0.15, 0.2) is 42.5 Å². The molecule has 0 bridgehead atoms.